The SMILES string of the molecule is Cc1nc2cc(F)ccc2cc1C(=O)c1ccccc1. The van der Waals surface area contributed by atoms with E-state index in [9.17, 15) is 9.18 Å². The number of halogens is 1. The molecule has 0 atom stereocenters. The van der Waals surface area contributed by atoms with Gasteiger partial charge in [-0.15, -0.1) is 0 Å². The molecule has 0 bridgehead atoms. The van der Waals surface area contributed by atoms with Crippen LogP contribution in [-0.4, -0.2) is 10.8 Å². The third-order valence-corrected chi connectivity index (χ3v) is 3.25. The Hall–Kier alpha value is -2.55. The van der Waals surface area contributed by atoms with Crippen molar-refractivity contribution in [2.45, 2.75) is 6.92 Å². The lowest BCUT2D eigenvalue weighted by molar-refractivity contribution is 0.103. The molecular weight excluding hydrogens is 253 g/mol. The maximum Gasteiger partial charge on any atom is 0.194 e. The molecule has 3 aromatic rings. The molecule has 2 nitrogen and oxygen atoms in total. The molecule has 1 aromatic heterocycles. The summed E-state index contributed by atoms with van der Waals surface area (Å²) in [5, 5.41) is 0.760. The van der Waals surface area contributed by atoms with Gasteiger partial charge in [-0.2, -0.15) is 0 Å². The van der Waals surface area contributed by atoms with Gasteiger partial charge in [-0.25, -0.2) is 4.39 Å². The summed E-state index contributed by atoms with van der Waals surface area (Å²) in [6.45, 7) is 1.76. The van der Waals surface area contributed by atoms with Gasteiger partial charge in [-0.05, 0) is 25.1 Å². The van der Waals surface area contributed by atoms with E-state index < -0.39 is 0 Å². The number of hydrogen-bond acceptors (Lipinski definition) is 2. The Balaban J connectivity index is 2.15. The molecule has 20 heavy (non-hydrogen) atoms. The quantitative estimate of drug-likeness (QED) is 0.657. The van der Waals surface area contributed by atoms with Crippen LogP contribution in [0.25, 0.3) is 10.9 Å². The van der Waals surface area contributed by atoms with Gasteiger partial charge in [-0.3, -0.25) is 9.78 Å². The summed E-state index contributed by atoms with van der Waals surface area (Å²) in [4.78, 5) is 16.8. The second-order valence-corrected chi connectivity index (χ2v) is 4.65. The van der Waals surface area contributed by atoms with E-state index in [1.165, 1.54) is 12.1 Å². The Labute approximate surface area is 115 Å². The molecule has 0 aliphatic rings. The van der Waals surface area contributed by atoms with Crippen molar-refractivity contribution >= 4 is 16.7 Å². The fourth-order valence-corrected chi connectivity index (χ4v) is 2.21. The highest BCUT2D eigenvalue weighted by molar-refractivity contribution is 6.11. The molecule has 0 fully saturated rings. The lowest BCUT2D eigenvalue weighted by Gasteiger charge is -2.07. The molecular formula is C17H12FNO. The van der Waals surface area contributed by atoms with E-state index in [2.05, 4.69) is 4.98 Å². The van der Waals surface area contributed by atoms with Crippen LogP contribution in [0.3, 0.4) is 0 Å². The molecule has 0 spiro atoms. The van der Waals surface area contributed by atoms with Crippen molar-refractivity contribution in [3.63, 3.8) is 0 Å². The molecule has 0 N–H and O–H groups in total. The van der Waals surface area contributed by atoms with Crippen molar-refractivity contribution in [1.82, 2.24) is 4.98 Å². The van der Waals surface area contributed by atoms with E-state index in [-0.39, 0.29) is 11.6 Å². The predicted molar refractivity (Wildman–Crippen MR) is 76.3 cm³/mol. The number of pyridine rings is 1. The van der Waals surface area contributed by atoms with Gasteiger partial charge in [0.2, 0.25) is 0 Å². The molecule has 3 rings (SSSR count). The number of benzene rings is 2. The first-order chi connectivity index (χ1) is 9.65. The van der Waals surface area contributed by atoms with Crippen molar-refractivity contribution in [3.8, 4) is 0 Å². The second kappa shape index (κ2) is 4.85. The summed E-state index contributed by atoms with van der Waals surface area (Å²) in [5.74, 6) is -0.395. The first kappa shape index (κ1) is 12.5. The van der Waals surface area contributed by atoms with Gasteiger partial charge in [0.25, 0.3) is 0 Å². The van der Waals surface area contributed by atoms with Crippen LogP contribution in [0.1, 0.15) is 21.6 Å². The third-order valence-electron chi connectivity index (χ3n) is 3.25. The van der Waals surface area contributed by atoms with Crippen LogP contribution >= 0.6 is 0 Å². The lowest BCUT2D eigenvalue weighted by atomic mass is 10.0. The molecule has 0 radical (unpaired) electrons. The van der Waals surface area contributed by atoms with Crippen LogP contribution in [0.4, 0.5) is 4.39 Å². The molecule has 0 saturated heterocycles. The minimum absolute atomic E-state index is 0.0678. The first-order valence-electron chi connectivity index (χ1n) is 6.32. The van der Waals surface area contributed by atoms with Gasteiger partial charge in [0.1, 0.15) is 5.82 Å². The Kier molecular flexibility index (Phi) is 3.03. The Morgan fingerprint density at radius 1 is 1.05 bits per heavy atom. The van der Waals surface area contributed by atoms with Crippen molar-refractivity contribution in [2.24, 2.45) is 0 Å². The number of carbonyl (C=O) groups excluding carboxylic acids is 1. The number of nitrogens with zero attached hydrogens (tertiary/aromatic N) is 1. The number of hydrogen-bond donors (Lipinski definition) is 0. The number of rotatable bonds is 2. The summed E-state index contributed by atoms with van der Waals surface area (Å²) in [6.07, 6.45) is 0. The average molecular weight is 265 g/mol. The summed E-state index contributed by atoms with van der Waals surface area (Å²) < 4.78 is 13.2. The topological polar surface area (TPSA) is 30.0 Å². The standard InChI is InChI=1S/C17H12FNO/c1-11-15(17(20)12-5-3-2-4-6-12)9-13-7-8-14(18)10-16(13)19-11/h2-10H,1H3. The number of carbonyl (C=O) groups is 1. The van der Waals surface area contributed by atoms with Crippen LogP contribution in [0.5, 0.6) is 0 Å². The van der Waals surface area contributed by atoms with Crippen LogP contribution in [0.15, 0.2) is 54.6 Å². The van der Waals surface area contributed by atoms with Crippen molar-refractivity contribution in [1.29, 1.82) is 0 Å². The van der Waals surface area contributed by atoms with Crippen LogP contribution < -0.4 is 0 Å². The maximum atomic E-state index is 13.2. The van der Waals surface area contributed by atoms with Gasteiger partial charge in [0, 0.05) is 28.3 Å². The lowest BCUT2D eigenvalue weighted by Crippen LogP contribution is -2.05. The zero-order valence-electron chi connectivity index (χ0n) is 10.9. The van der Waals surface area contributed by atoms with E-state index in [0.717, 1.165) is 5.39 Å². The average Bonchev–Trinajstić information content (AvgIpc) is 2.46. The summed E-state index contributed by atoms with van der Waals surface area (Å²) in [6, 6.07) is 15.2. The smallest absolute Gasteiger partial charge is 0.194 e. The van der Waals surface area contributed by atoms with Gasteiger partial charge < -0.3 is 0 Å². The number of aryl methyl sites for hydroxylation is 1. The van der Waals surface area contributed by atoms with Crippen molar-refractivity contribution in [2.75, 3.05) is 0 Å². The largest absolute Gasteiger partial charge is 0.289 e. The zero-order valence-corrected chi connectivity index (χ0v) is 10.9. The Morgan fingerprint density at radius 2 is 1.80 bits per heavy atom. The first-order valence-corrected chi connectivity index (χ1v) is 6.32. The minimum atomic E-state index is -0.327. The fourth-order valence-electron chi connectivity index (χ4n) is 2.21. The molecule has 2 aromatic carbocycles. The normalized spacial score (nSPS) is 10.7. The molecule has 0 aliphatic heterocycles. The Bertz CT molecular complexity index is 797. The van der Waals surface area contributed by atoms with E-state index in [0.29, 0.717) is 22.3 Å². The minimum Gasteiger partial charge on any atom is -0.289 e. The highest BCUT2D eigenvalue weighted by Gasteiger charge is 2.13. The van der Waals surface area contributed by atoms with Crippen LogP contribution in [0.2, 0.25) is 0 Å². The van der Waals surface area contributed by atoms with Crippen molar-refractivity contribution in [3.05, 3.63) is 77.2 Å². The molecule has 0 aliphatic carbocycles. The molecule has 0 unspecified atom stereocenters. The monoisotopic (exact) mass is 265 g/mol. The Morgan fingerprint density at radius 3 is 2.55 bits per heavy atom. The zero-order chi connectivity index (χ0) is 14.1. The summed E-state index contributed by atoms with van der Waals surface area (Å²) >= 11 is 0. The van der Waals surface area contributed by atoms with Crippen LogP contribution in [-0.2, 0) is 0 Å². The fraction of sp³-hybridized carbons (Fsp3) is 0.0588. The molecule has 98 valence electrons. The molecule has 0 saturated carbocycles. The summed E-state index contributed by atoms with van der Waals surface area (Å²) in [7, 11) is 0. The number of ketones is 1. The predicted octanol–water partition coefficient (Wildman–Crippen LogP) is 3.91. The van der Waals surface area contributed by atoms with E-state index in [4.69, 9.17) is 0 Å². The maximum absolute atomic E-state index is 13.2. The van der Waals surface area contributed by atoms with Gasteiger partial charge in [-0.1, -0.05) is 30.3 Å². The molecule has 3 heteroatoms. The second-order valence-electron chi connectivity index (χ2n) is 4.65. The highest BCUT2D eigenvalue weighted by Crippen LogP contribution is 2.20. The highest BCUT2D eigenvalue weighted by atomic mass is 19.1. The third kappa shape index (κ3) is 2.18. The summed E-state index contributed by atoms with van der Waals surface area (Å²) in [5.41, 5.74) is 2.35. The van der Waals surface area contributed by atoms with E-state index in [1.807, 2.05) is 18.2 Å². The van der Waals surface area contributed by atoms with E-state index in [1.54, 1.807) is 31.2 Å². The van der Waals surface area contributed by atoms with Gasteiger partial charge in [0.15, 0.2) is 5.78 Å². The van der Waals surface area contributed by atoms with Crippen LogP contribution in [0, 0.1) is 12.7 Å². The van der Waals surface area contributed by atoms with E-state index >= 15 is 0 Å². The molecule has 0 amide bonds. The number of aromatic nitrogens is 1. The number of fused-ring (bicyclic) bond motifs is 1. The van der Waals surface area contributed by atoms with Gasteiger partial charge in [0.05, 0.1) is 5.52 Å². The van der Waals surface area contributed by atoms with Crippen molar-refractivity contribution < 1.29 is 9.18 Å². The molecule has 1 heterocycles. The van der Waals surface area contributed by atoms with Gasteiger partial charge >= 0.3 is 0 Å².